The normalized spacial score (nSPS) is 23.2. The van der Waals surface area contributed by atoms with Gasteiger partial charge in [0.2, 0.25) is 10.0 Å². The largest absolute Gasteiger partial charge is 0.355 e. The van der Waals surface area contributed by atoms with Gasteiger partial charge in [-0.15, -0.1) is 24.0 Å². The second kappa shape index (κ2) is 10.1. The Balaban J connectivity index is 0.00000288. The number of likely N-dealkylation sites (tertiary alicyclic amines) is 1. The molecule has 0 amide bonds. The molecule has 0 radical (unpaired) electrons. The number of halogens is 1. The van der Waals surface area contributed by atoms with Gasteiger partial charge in [0, 0.05) is 51.9 Å². The standard InChI is InChI=1S/C15H31N5O2S.HI/c1-13(2)19-9-5-14(6-10-19)18-15(16-3)17-7-11-20-8-4-12-23(20,21)22;/h13-14H,4-12H2,1-3H3,(H2,16,17,18);1H. The first-order valence-corrected chi connectivity index (χ1v) is 10.2. The molecule has 0 spiro atoms. The maximum absolute atomic E-state index is 11.8. The van der Waals surface area contributed by atoms with Gasteiger partial charge in [0.25, 0.3) is 0 Å². The molecule has 9 heteroatoms. The molecule has 0 saturated carbocycles. The zero-order chi connectivity index (χ0) is 16.9. The van der Waals surface area contributed by atoms with Gasteiger partial charge in [-0.1, -0.05) is 0 Å². The molecule has 2 N–H and O–H groups in total. The van der Waals surface area contributed by atoms with E-state index in [4.69, 9.17) is 0 Å². The van der Waals surface area contributed by atoms with Crippen molar-refractivity contribution in [2.24, 2.45) is 4.99 Å². The van der Waals surface area contributed by atoms with Gasteiger partial charge in [0.15, 0.2) is 5.96 Å². The van der Waals surface area contributed by atoms with Crippen LogP contribution in [-0.4, -0.2) is 81.2 Å². The average molecular weight is 473 g/mol. The third-order valence-corrected chi connectivity index (χ3v) is 6.64. The second-order valence-corrected chi connectivity index (χ2v) is 8.70. The van der Waals surface area contributed by atoms with Crippen molar-refractivity contribution in [2.75, 3.05) is 45.5 Å². The van der Waals surface area contributed by atoms with E-state index in [1.165, 1.54) is 0 Å². The van der Waals surface area contributed by atoms with Gasteiger partial charge >= 0.3 is 0 Å². The van der Waals surface area contributed by atoms with E-state index in [9.17, 15) is 8.42 Å². The Morgan fingerprint density at radius 3 is 2.42 bits per heavy atom. The monoisotopic (exact) mass is 473 g/mol. The Morgan fingerprint density at radius 1 is 1.25 bits per heavy atom. The van der Waals surface area contributed by atoms with E-state index in [-0.39, 0.29) is 29.7 Å². The fourth-order valence-electron chi connectivity index (χ4n) is 3.19. The van der Waals surface area contributed by atoms with Crippen LogP contribution in [0.1, 0.15) is 33.1 Å². The Morgan fingerprint density at radius 2 is 1.92 bits per heavy atom. The van der Waals surface area contributed by atoms with E-state index < -0.39 is 10.0 Å². The summed E-state index contributed by atoms with van der Waals surface area (Å²) in [6.45, 7) is 8.43. The summed E-state index contributed by atoms with van der Waals surface area (Å²) in [4.78, 5) is 6.74. The number of guanidine groups is 1. The Bertz CT molecular complexity index is 504. The lowest BCUT2D eigenvalue weighted by Gasteiger charge is -2.35. The van der Waals surface area contributed by atoms with E-state index in [1.807, 2.05) is 0 Å². The highest BCUT2D eigenvalue weighted by Crippen LogP contribution is 2.13. The third kappa shape index (κ3) is 6.30. The molecule has 0 aromatic carbocycles. The van der Waals surface area contributed by atoms with Gasteiger partial charge in [-0.3, -0.25) is 4.99 Å². The first kappa shape index (κ1) is 21.9. The molecular formula is C15H32IN5O2S. The number of sulfonamides is 1. The van der Waals surface area contributed by atoms with Crippen LogP contribution in [0.3, 0.4) is 0 Å². The van der Waals surface area contributed by atoms with E-state index in [2.05, 4.69) is 34.4 Å². The van der Waals surface area contributed by atoms with Crippen LogP contribution in [0.15, 0.2) is 4.99 Å². The number of nitrogens with one attached hydrogen (secondary N) is 2. The van der Waals surface area contributed by atoms with Crippen LogP contribution in [0.5, 0.6) is 0 Å². The van der Waals surface area contributed by atoms with Crippen molar-refractivity contribution in [1.82, 2.24) is 19.8 Å². The van der Waals surface area contributed by atoms with E-state index >= 15 is 0 Å². The van der Waals surface area contributed by atoms with Crippen LogP contribution in [0.2, 0.25) is 0 Å². The average Bonchev–Trinajstić information content (AvgIpc) is 2.85. The maximum Gasteiger partial charge on any atom is 0.214 e. The first-order valence-electron chi connectivity index (χ1n) is 8.61. The molecular weight excluding hydrogens is 441 g/mol. The minimum atomic E-state index is -3.01. The number of rotatable bonds is 5. The summed E-state index contributed by atoms with van der Waals surface area (Å²) in [5.41, 5.74) is 0. The zero-order valence-electron chi connectivity index (χ0n) is 15.0. The summed E-state index contributed by atoms with van der Waals surface area (Å²) in [6, 6.07) is 1.04. The summed E-state index contributed by atoms with van der Waals surface area (Å²) in [6.07, 6.45) is 2.96. The van der Waals surface area contributed by atoms with Gasteiger partial charge in [-0.05, 0) is 33.1 Å². The molecule has 0 bridgehead atoms. The highest BCUT2D eigenvalue weighted by molar-refractivity contribution is 14.0. The molecule has 2 rings (SSSR count). The number of hydrogen-bond acceptors (Lipinski definition) is 4. The zero-order valence-corrected chi connectivity index (χ0v) is 18.1. The van der Waals surface area contributed by atoms with Crippen molar-refractivity contribution >= 4 is 40.0 Å². The molecule has 2 aliphatic heterocycles. The minimum absolute atomic E-state index is 0. The smallest absolute Gasteiger partial charge is 0.214 e. The molecule has 142 valence electrons. The Kier molecular flexibility index (Phi) is 9.24. The van der Waals surface area contributed by atoms with Crippen LogP contribution in [0.4, 0.5) is 0 Å². The number of nitrogens with zero attached hydrogens (tertiary/aromatic N) is 3. The molecule has 0 atom stereocenters. The van der Waals surface area contributed by atoms with Gasteiger partial charge in [0.05, 0.1) is 5.75 Å². The first-order chi connectivity index (χ1) is 10.9. The molecule has 24 heavy (non-hydrogen) atoms. The fraction of sp³-hybridized carbons (Fsp3) is 0.933. The lowest BCUT2D eigenvalue weighted by Crippen LogP contribution is -2.50. The highest BCUT2D eigenvalue weighted by atomic mass is 127. The van der Waals surface area contributed by atoms with Crippen LogP contribution in [0.25, 0.3) is 0 Å². The van der Waals surface area contributed by atoms with E-state index in [0.29, 0.717) is 31.7 Å². The van der Waals surface area contributed by atoms with Crippen molar-refractivity contribution in [2.45, 2.75) is 45.2 Å². The maximum atomic E-state index is 11.8. The topological polar surface area (TPSA) is 77.0 Å². The highest BCUT2D eigenvalue weighted by Gasteiger charge is 2.27. The number of piperidine rings is 1. The lowest BCUT2D eigenvalue weighted by atomic mass is 10.0. The molecule has 0 aromatic heterocycles. The van der Waals surface area contributed by atoms with E-state index in [1.54, 1.807) is 11.4 Å². The van der Waals surface area contributed by atoms with Gasteiger partial charge in [0.1, 0.15) is 0 Å². The molecule has 0 aliphatic carbocycles. The van der Waals surface area contributed by atoms with E-state index in [0.717, 1.165) is 38.3 Å². The molecule has 2 aliphatic rings. The predicted molar refractivity (Wildman–Crippen MR) is 110 cm³/mol. The summed E-state index contributed by atoms with van der Waals surface area (Å²) in [5.74, 6) is 1.05. The second-order valence-electron chi connectivity index (χ2n) is 6.62. The van der Waals surface area contributed by atoms with Crippen LogP contribution < -0.4 is 10.6 Å². The minimum Gasteiger partial charge on any atom is -0.355 e. The third-order valence-electron chi connectivity index (χ3n) is 4.68. The van der Waals surface area contributed by atoms with Crippen LogP contribution in [-0.2, 0) is 10.0 Å². The van der Waals surface area contributed by atoms with Gasteiger partial charge in [-0.25, -0.2) is 12.7 Å². The number of hydrogen-bond donors (Lipinski definition) is 2. The molecule has 2 saturated heterocycles. The summed E-state index contributed by atoms with van der Waals surface area (Å²) < 4.78 is 25.1. The molecule has 0 aromatic rings. The summed E-state index contributed by atoms with van der Waals surface area (Å²) >= 11 is 0. The van der Waals surface area contributed by atoms with Crippen molar-refractivity contribution in [3.8, 4) is 0 Å². The van der Waals surface area contributed by atoms with Crippen LogP contribution in [0, 0.1) is 0 Å². The Hall–Kier alpha value is -0.130. The Labute approximate surface area is 163 Å². The number of aliphatic imine (C=N–C) groups is 1. The summed E-state index contributed by atoms with van der Waals surface area (Å²) in [7, 11) is -1.25. The SMILES string of the molecule is CN=C(NCCN1CCCS1(=O)=O)NC1CCN(C(C)C)CC1.I. The van der Waals surface area contributed by atoms with Crippen molar-refractivity contribution < 1.29 is 8.42 Å². The van der Waals surface area contributed by atoms with Crippen LogP contribution >= 0.6 is 24.0 Å². The van der Waals surface area contributed by atoms with Gasteiger partial charge in [-0.2, -0.15) is 0 Å². The fourth-order valence-corrected chi connectivity index (χ4v) is 4.72. The molecule has 0 unspecified atom stereocenters. The quantitative estimate of drug-likeness (QED) is 0.349. The lowest BCUT2D eigenvalue weighted by molar-refractivity contribution is 0.167. The molecule has 7 nitrogen and oxygen atoms in total. The van der Waals surface area contributed by atoms with Crippen molar-refractivity contribution in [3.05, 3.63) is 0 Å². The summed E-state index contributed by atoms with van der Waals surface area (Å²) in [5, 5.41) is 6.69. The predicted octanol–water partition coefficient (Wildman–Crippen LogP) is 0.678. The molecule has 2 fully saturated rings. The van der Waals surface area contributed by atoms with Crippen molar-refractivity contribution in [3.63, 3.8) is 0 Å². The van der Waals surface area contributed by atoms with Crippen molar-refractivity contribution in [1.29, 1.82) is 0 Å². The molecule has 2 heterocycles. The van der Waals surface area contributed by atoms with Gasteiger partial charge < -0.3 is 15.5 Å².